The van der Waals surface area contributed by atoms with Crippen LogP contribution in [0.2, 0.25) is 0 Å². The first-order valence-electron chi connectivity index (χ1n) is 15.7. The van der Waals surface area contributed by atoms with Crippen molar-refractivity contribution in [2.45, 2.75) is 0 Å². The minimum Gasteiger partial charge on any atom is -0.455 e. The van der Waals surface area contributed by atoms with E-state index in [1.807, 2.05) is 48.5 Å². The Morgan fingerprint density at radius 1 is 0.340 bits per heavy atom. The van der Waals surface area contributed by atoms with Gasteiger partial charge in [-0.15, -0.1) is 0 Å². The molecular formula is C43H27N3O. The summed E-state index contributed by atoms with van der Waals surface area (Å²) < 4.78 is 6.76. The molecule has 220 valence electrons. The number of fused-ring (bicyclic) bond motifs is 5. The zero-order valence-electron chi connectivity index (χ0n) is 25.3. The third-order valence-corrected chi connectivity index (χ3v) is 8.75. The maximum Gasteiger partial charge on any atom is 0.167 e. The summed E-state index contributed by atoms with van der Waals surface area (Å²) in [5.41, 5.74) is 8.86. The molecule has 0 aliphatic rings. The summed E-state index contributed by atoms with van der Waals surface area (Å²) in [6, 6.07) is 56.2. The van der Waals surface area contributed by atoms with Gasteiger partial charge in [-0.05, 0) is 45.2 Å². The summed E-state index contributed by atoms with van der Waals surface area (Å²) in [5, 5.41) is 4.46. The third kappa shape index (κ3) is 4.75. The minimum atomic E-state index is 0.568. The van der Waals surface area contributed by atoms with E-state index in [1.165, 1.54) is 10.9 Å². The van der Waals surface area contributed by atoms with Crippen molar-refractivity contribution in [2.24, 2.45) is 0 Å². The van der Waals surface area contributed by atoms with E-state index in [-0.39, 0.29) is 0 Å². The molecular weight excluding hydrogens is 574 g/mol. The van der Waals surface area contributed by atoms with Gasteiger partial charge in [-0.3, -0.25) is 0 Å². The van der Waals surface area contributed by atoms with Crippen molar-refractivity contribution < 1.29 is 4.42 Å². The number of rotatable bonds is 5. The van der Waals surface area contributed by atoms with Gasteiger partial charge in [-0.1, -0.05) is 152 Å². The Kier molecular flexibility index (Phi) is 6.43. The molecule has 0 fully saturated rings. The lowest BCUT2D eigenvalue weighted by Crippen LogP contribution is -2.00. The van der Waals surface area contributed by atoms with Crippen molar-refractivity contribution in [3.8, 4) is 56.4 Å². The highest BCUT2D eigenvalue weighted by atomic mass is 16.3. The maximum absolute atomic E-state index is 6.76. The first-order chi connectivity index (χ1) is 23.3. The van der Waals surface area contributed by atoms with Crippen LogP contribution in [0.5, 0.6) is 0 Å². The van der Waals surface area contributed by atoms with E-state index in [0.29, 0.717) is 17.5 Å². The number of hydrogen-bond donors (Lipinski definition) is 0. The van der Waals surface area contributed by atoms with E-state index in [2.05, 4.69) is 115 Å². The van der Waals surface area contributed by atoms with Crippen LogP contribution in [0.3, 0.4) is 0 Å². The Hall–Kier alpha value is -6.39. The van der Waals surface area contributed by atoms with Crippen LogP contribution in [0, 0.1) is 0 Å². The second-order valence-electron chi connectivity index (χ2n) is 11.6. The number of hydrogen-bond acceptors (Lipinski definition) is 4. The van der Waals surface area contributed by atoms with Gasteiger partial charge < -0.3 is 4.42 Å². The van der Waals surface area contributed by atoms with Crippen LogP contribution in [0.1, 0.15) is 0 Å². The number of benzene rings is 7. The van der Waals surface area contributed by atoms with Gasteiger partial charge in [0.1, 0.15) is 11.2 Å². The van der Waals surface area contributed by atoms with Crippen molar-refractivity contribution in [1.82, 2.24) is 15.0 Å². The number of furan rings is 1. The molecule has 0 aliphatic carbocycles. The summed E-state index contributed by atoms with van der Waals surface area (Å²) in [5.74, 6) is 1.79. The summed E-state index contributed by atoms with van der Waals surface area (Å²) in [6.45, 7) is 0. The molecule has 47 heavy (non-hydrogen) atoms. The molecule has 0 amide bonds. The largest absolute Gasteiger partial charge is 0.455 e. The Labute approximate surface area is 271 Å². The summed E-state index contributed by atoms with van der Waals surface area (Å²) >= 11 is 0. The molecule has 0 aliphatic heterocycles. The topological polar surface area (TPSA) is 51.8 Å². The van der Waals surface area contributed by atoms with Gasteiger partial charge in [0, 0.05) is 21.9 Å². The molecule has 0 unspecified atom stereocenters. The van der Waals surface area contributed by atoms with Gasteiger partial charge in [0.2, 0.25) is 0 Å². The zero-order valence-corrected chi connectivity index (χ0v) is 25.3. The van der Waals surface area contributed by atoms with Gasteiger partial charge in [0.25, 0.3) is 0 Å². The highest BCUT2D eigenvalue weighted by molar-refractivity contribution is 6.23. The van der Waals surface area contributed by atoms with Crippen LogP contribution in [0.4, 0.5) is 0 Å². The Morgan fingerprint density at radius 3 is 1.51 bits per heavy atom. The molecule has 2 heterocycles. The Bertz CT molecular complexity index is 2540. The molecule has 9 aromatic rings. The number of nitrogens with zero attached hydrogens (tertiary/aromatic N) is 3. The monoisotopic (exact) mass is 601 g/mol. The SMILES string of the molecule is c1ccc(-c2ccc(-c3nc(-c4ccccc4)nc(-c4cccc5c4oc4cc(-c6ccccc6)c6ccccc6c45)n3)cc2)cc1. The minimum absolute atomic E-state index is 0.568. The fraction of sp³-hybridized carbons (Fsp3) is 0. The van der Waals surface area contributed by atoms with Crippen LogP contribution in [0.25, 0.3) is 89.1 Å². The van der Waals surface area contributed by atoms with Crippen molar-refractivity contribution in [3.05, 3.63) is 164 Å². The first kappa shape index (κ1) is 27.0. The maximum atomic E-state index is 6.76. The fourth-order valence-corrected chi connectivity index (χ4v) is 6.48. The predicted octanol–water partition coefficient (Wildman–Crippen LogP) is 11.3. The van der Waals surface area contributed by atoms with E-state index in [0.717, 1.165) is 60.7 Å². The zero-order chi connectivity index (χ0) is 31.2. The standard InChI is InChI=1S/C43H27N3O/c1-4-13-28(14-5-1)29-23-25-32(26-24-29)42-44-41(31-17-8-3-9-18-31)45-43(46-42)36-22-12-21-35-39-34-20-11-10-19-33(34)37(27-38(39)47-40(35)36)30-15-6-2-7-16-30/h1-27H. The summed E-state index contributed by atoms with van der Waals surface area (Å²) in [4.78, 5) is 15.1. The normalized spacial score (nSPS) is 11.4. The predicted molar refractivity (Wildman–Crippen MR) is 192 cm³/mol. The highest BCUT2D eigenvalue weighted by Crippen LogP contribution is 2.42. The molecule has 9 rings (SSSR count). The van der Waals surface area contributed by atoms with Crippen molar-refractivity contribution in [3.63, 3.8) is 0 Å². The van der Waals surface area contributed by atoms with Crippen LogP contribution >= 0.6 is 0 Å². The van der Waals surface area contributed by atoms with Crippen molar-refractivity contribution in [1.29, 1.82) is 0 Å². The van der Waals surface area contributed by atoms with Crippen LogP contribution < -0.4 is 0 Å². The molecule has 0 radical (unpaired) electrons. The number of para-hydroxylation sites is 1. The quantitative estimate of drug-likeness (QED) is 0.197. The molecule has 0 saturated heterocycles. The Balaban J connectivity index is 1.25. The third-order valence-electron chi connectivity index (χ3n) is 8.75. The summed E-state index contributed by atoms with van der Waals surface area (Å²) in [7, 11) is 0. The molecule has 0 spiro atoms. The second-order valence-corrected chi connectivity index (χ2v) is 11.6. The van der Waals surface area contributed by atoms with Crippen LogP contribution in [-0.2, 0) is 0 Å². The van der Waals surface area contributed by atoms with Gasteiger partial charge in [0.05, 0.1) is 5.56 Å². The fourth-order valence-electron chi connectivity index (χ4n) is 6.48. The molecule has 0 bridgehead atoms. The molecule has 0 atom stereocenters. The Morgan fingerprint density at radius 2 is 0.830 bits per heavy atom. The van der Waals surface area contributed by atoms with E-state index < -0.39 is 0 Å². The molecule has 0 N–H and O–H groups in total. The average Bonchev–Trinajstić information content (AvgIpc) is 3.54. The van der Waals surface area contributed by atoms with E-state index >= 15 is 0 Å². The lowest BCUT2D eigenvalue weighted by atomic mass is 9.95. The van der Waals surface area contributed by atoms with E-state index in [9.17, 15) is 0 Å². The second kappa shape index (κ2) is 11.2. The molecule has 2 aromatic heterocycles. The van der Waals surface area contributed by atoms with Crippen molar-refractivity contribution in [2.75, 3.05) is 0 Å². The van der Waals surface area contributed by atoms with Gasteiger partial charge in [-0.25, -0.2) is 15.0 Å². The highest BCUT2D eigenvalue weighted by Gasteiger charge is 2.20. The molecule has 4 nitrogen and oxygen atoms in total. The lowest BCUT2D eigenvalue weighted by molar-refractivity contribution is 0.670. The van der Waals surface area contributed by atoms with Crippen LogP contribution in [0.15, 0.2) is 168 Å². The molecule has 7 aromatic carbocycles. The lowest BCUT2D eigenvalue weighted by Gasteiger charge is -2.09. The first-order valence-corrected chi connectivity index (χ1v) is 15.7. The average molecular weight is 602 g/mol. The van der Waals surface area contributed by atoms with Crippen LogP contribution in [-0.4, -0.2) is 15.0 Å². The number of aromatic nitrogens is 3. The van der Waals surface area contributed by atoms with Gasteiger partial charge >= 0.3 is 0 Å². The molecule has 0 saturated carbocycles. The van der Waals surface area contributed by atoms with Gasteiger partial charge in [-0.2, -0.15) is 0 Å². The van der Waals surface area contributed by atoms with E-state index in [4.69, 9.17) is 19.4 Å². The molecule has 4 heteroatoms. The van der Waals surface area contributed by atoms with Crippen molar-refractivity contribution >= 4 is 32.7 Å². The summed E-state index contributed by atoms with van der Waals surface area (Å²) in [6.07, 6.45) is 0. The smallest absolute Gasteiger partial charge is 0.167 e. The van der Waals surface area contributed by atoms with Gasteiger partial charge in [0.15, 0.2) is 17.5 Å². The van der Waals surface area contributed by atoms with E-state index in [1.54, 1.807) is 0 Å².